The minimum atomic E-state index is -4.42. The molecule has 6 aromatic carbocycles. The largest absolute Gasteiger partial charge is 0.354 e. The number of nitro benzene ring substituents is 2. The van der Waals surface area contributed by atoms with Crippen molar-refractivity contribution in [3.8, 4) is 0 Å². The van der Waals surface area contributed by atoms with Crippen LogP contribution in [0.25, 0.3) is 0 Å². The third-order valence-corrected chi connectivity index (χ3v) is 26.7. The van der Waals surface area contributed by atoms with Crippen LogP contribution in [0.4, 0.5) is 34.1 Å². The molecular weight excluding hydrogens is 1750 g/mol. The van der Waals surface area contributed by atoms with E-state index >= 15 is 0 Å². The molecule has 0 aliphatic carbocycles. The first-order valence-electron chi connectivity index (χ1n) is 45.2. The number of benzene rings is 6. The SMILES string of the molecule is CCCN1C(=O)C=CC1=O.Cc1ccc2c(c1)C(C)(C)C(=CC=CC=CC=CC1=[N+](CCCCCC(=O)NCCN3C(=O)C=CC3=O)c3ccc(S(=O)(=O)O)cc3C1(C)C)N2CCCc1ccc([N+](=O)[O-])cc1.Cc1ccc2c(c1)C(C)(C)C(=CC=CC=CC=CC1=[N+](CCCCCC(=O)ON3C(=O)CCC3=O)c3ccc(S(=O)(=O)O)cc3C1(C)C)N2CCCc1ccc([N+](=O)[O-])cc1. The number of hydrogen-bond acceptors (Lipinski definition) is 19. The number of hydrogen-bond donors (Lipinski definition) is 3. The average Bonchev–Trinajstić information content (AvgIpc) is 1.60. The van der Waals surface area contributed by atoms with Gasteiger partial charge in [-0.2, -0.15) is 26.0 Å². The van der Waals surface area contributed by atoms with Gasteiger partial charge in [-0.1, -0.05) is 155 Å². The van der Waals surface area contributed by atoms with E-state index in [2.05, 4.69) is 114 Å². The Morgan fingerprint density at radius 3 is 1.24 bits per heavy atom. The minimum absolute atomic E-state index is 0.0357. The van der Waals surface area contributed by atoms with Crippen molar-refractivity contribution in [3.05, 3.63) is 307 Å². The Bertz CT molecular complexity index is 6170. The zero-order chi connectivity index (χ0) is 97.2. The molecule has 7 aliphatic heterocycles. The Balaban J connectivity index is 0.000000233. The Labute approximate surface area is 783 Å². The first-order valence-corrected chi connectivity index (χ1v) is 48.0. The fourth-order valence-corrected chi connectivity index (χ4v) is 18.8. The van der Waals surface area contributed by atoms with E-state index in [-0.39, 0.29) is 104 Å². The highest BCUT2D eigenvalue weighted by Gasteiger charge is 2.48. The summed E-state index contributed by atoms with van der Waals surface area (Å²) < 4.78 is 72.4. The summed E-state index contributed by atoms with van der Waals surface area (Å²) in [6, 6.07) is 36.0. The summed E-state index contributed by atoms with van der Waals surface area (Å²) in [5, 5.41) is 25.5. The van der Waals surface area contributed by atoms with E-state index in [1.165, 1.54) is 98.5 Å². The Hall–Kier alpha value is -13.4. The number of nitrogens with zero attached hydrogens (tertiary/aromatic N) is 9. The molecule has 134 heavy (non-hydrogen) atoms. The van der Waals surface area contributed by atoms with E-state index in [4.69, 9.17) is 4.84 Å². The molecule has 31 heteroatoms. The second-order valence-corrected chi connectivity index (χ2v) is 38.8. The van der Waals surface area contributed by atoms with Crippen LogP contribution in [-0.4, -0.2) is 164 Å². The number of unbranched alkanes of at least 4 members (excludes halogenated alkanes) is 4. The van der Waals surface area contributed by atoms with Gasteiger partial charge in [0.1, 0.15) is 13.1 Å². The summed E-state index contributed by atoms with van der Waals surface area (Å²) in [6.45, 7) is 26.8. The fraction of sp³-hybridized carbons (Fsp3) is 0.359. The maximum atomic E-state index is 12.5. The van der Waals surface area contributed by atoms with Crippen molar-refractivity contribution in [2.75, 3.05) is 55.6 Å². The molecule has 29 nitrogen and oxygen atoms in total. The number of nitro groups is 2. The maximum absolute atomic E-state index is 12.5. The third-order valence-electron chi connectivity index (χ3n) is 25.0. The molecule has 0 bridgehead atoms. The number of aryl methyl sites for hydroxylation is 4. The molecule has 1 fully saturated rings. The highest BCUT2D eigenvalue weighted by Crippen LogP contribution is 2.51. The second kappa shape index (κ2) is 44.0. The summed E-state index contributed by atoms with van der Waals surface area (Å²) in [6.07, 6.45) is 41.7. The van der Waals surface area contributed by atoms with Crippen LogP contribution in [-0.2, 0) is 97.9 Å². The van der Waals surface area contributed by atoms with Gasteiger partial charge in [-0.05, 0) is 170 Å². The molecule has 0 radical (unpaired) electrons. The van der Waals surface area contributed by atoms with E-state index in [1.807, 2.05) is 132 Å². The molecular formula is C103H118N10O19S2+2. The van der Waals surface area contributed by atoms with Gasteiger partial charge in [-0.25, -0.2) is 4.79 Å². The van der Waals surface area contributed by atoms with Crippen LogP contribution >= 0.6 is 0 Å². The molecule has 3 N–H and O–H groups in total. The predicted molar refractivity (Wildman–Crippen MR) is 514 cm³/mol. The number of nitrogens with one attached hydrogen (secondary N) is 1. The van der Waals surface area contributed by atoms with E-state index in [9.17, 15) is 84.5 Å². The quantitative estimate of drug-likeness (QED) is 0.00616. The van der Waals surface area contributed by atoms with E-state index in [0.29, 0.717) is 56.8 Å². The van der Waals surface area contributed by atoms with Crippen LogP contribution < -0.4 is 15.1 Å². The van der Waals surface area contributed by atoms with Crippen molar-refractivity contribution in [3.63, 3.8) is 0 Å². The van der Waals surface area contributed by atoms with E-state index in [1.54, 1.807) is 36.4 Å². The van der Waals surface area contributed by atoms with Gasteiger partial charge in [0.15, 0.2) is 11.4 Å². The summed E-state index contributed by atoms with van der Waals surface area (Å²) in [7, 11) is -8.83. The molecule has 7 amide bonds. The molecule has 0 unspecified atom stereocenters. The summed E-state index contributed by atoms with van der Waals surface area (Å²) in [5.41, 5.74) is 15.4. The zero-order valence-electron chi connectivity index (χ0n) is 77.7. The third kappa shape index (κ3) is 24.5. The number of anilines is 2. The van der Waals surface area contributed by atoms with Gasteiger partial charge < -0.3 is 20.0 Å². The van der Waals surface area contributed by atoms with Crippen LogP contribution in [0.5, 0.6) is 0 Å². The zero-order valence-corrected chi connectivity index (χ0v) is 79.3. The van der Waals surface area contributed by atoms with Gasteiger partial charge in [0.05, 0.1) is 30.5 Å². The number of carbonyl (C=O) groups excluding carboxylic acids is 8. The molecule has 0 spiro atoms. The fourth-order valence-electron chi connectivity index (χ4n) is 17.8. The highest BCUT2D eigenvalue weighted by atomic mass is 32.2. The number of allylic oxidation sites excluding steroid dienone is 16. The average molecular weight is 1860 g/mol. The molecule has 7 aliphatic rings. The van der Waals surface area contributed by atoms with Crippen molar-refractivity contribution < 1.29 is 88.1 Å². The minimum Gasteiger partial charge on any atom is -0.354 e. The van der Waals surface area contributed by atoms with Gasteiger partial charge in [0.25, 0.3) is 67.1 Å². The van der Waals surface area contributed by atoms with Gasteiger partial charge in [-0.15, -0.1) is 5.06 Å². The molecule has 0 atom stereocenters. The van der Waals surface area contributed by atoms with Crippen LogP contribution in [0.3, 0.4) is 0 Å². The standard InChI is InChI=1S/C49H55N5O8S.C47H52N4O9S.C7H9NO2/c1-35-19-25-41-39(33-35)48(2,3)43(52(41)31-14-15-36-20-22-37(23-21-36)54(58)59)16-10-7-6-8-11-17-44-49(4,5)40-34-38(63(60,61)62)24-26-42(40)51(44)30-13-9-12-18-45(55)50-29-32-53-46(56)27-28-47(53)57;1-33-19-25-39-37(31-33)46(2,3)41(49(39)30-14-15-34-20-22-35(23-21-34)51(55)56)16-10-7-6-8-11-17-42-47(4,5)38-32-36(61(57,58)59)24-26-40(38)48(42)29-13-9-12-18-45(54)60-50-43(52)27-28-44(50)53;1-2-5-8-6(9)3-4-7(8)10/h6-8,10-11,16-17,19-28,33-34H,9,12-15,18,29-32H2,1-5H3,(H-,50,55,60,61,62);6-8,10-11,16-17,19-26,31-32H,9,12-15,18,27-30H2,1-5H3;3-4H,2,5H2,1H3/p+2. The summed E-state index contributed by atoms with van der Waals surface area (Å²) >= 11 is 0. The van der Waals surface area contributed by atoms with Gasteiger partial charge in [-0.3, -0.25) is 72.7 Å². The normalized spacial score (nSPS) is 17.5. The van der Waals surface area contributed by atoms with Crippen molar-refractivity contribution in [1.82, 2.24) is 20.2 Å². The molecule has 6 aromatic rings. The number of hydroxylamine groups is 2. The van der Waals surface area contributed by atoms with Crippen LogP contribution in [0.2, 0.25) is 0 Å². The number of carbonyl (C=O) groups is 8. The van der Waals surface area contributed by atoms with Gasteiger partial charge in [0.2, 0.25) is 17.3 Å². The Morgan fingerprint density at radius 1 is 0.455 bits per heavy atom. The summed E-state index contributed by atoms with van der Waals surface area (Å²) in [4.78, 5) is 127. The first kappa shape index (κ1) is 101. The van der Waals surface area contributed by atoms with Crippen LogP contribution in [0.1, 0.15) is 190 Å². The Morgan fingerprint density at radius 2 is 0.843 bits per heavy atom. The van der Waals surface area contributed by atoms with Crippen LogP contribution in [0, 0.1) is 34.1 Å². The van der Waals surface area contributed by atoms with E-state index in [0.717, 1.165) is 108 Å². The lowest BCUT2D eigenvalue weighted by Crippen LogP contribution is -2.38. The smallest absolute Gasteiger partial charge is 0.333 e. The monoisotopic (exact) mass is 1860 g/mol. The number of fused-ring (bicyclic) bond motifs is 4. The molecule has 13 rings (SSSR count). The van der Waals surface area contributed by atoms with Crippen LogP contribution in [0.15, 0.2) is 252 Å². The van der Waals surface area contributed by atoms with Crippen molar-refractivity contribution in [1.29, 1.82) is 0 Å². The Kier molecular flexibility index (Phi) is 33.2. The molecule has 7 heterocycles. The number of non-ortho nitro benzene ring substituents is 2. The van der Waals surface area contributed by atoms with Crippen molar-refractivity contribution in [2.24, 2.45) is 0 Å². The van der Waals surface area contributed by atoms with Crippen molar-refractivity contribution >= 4 is 113 Å². The van der Waals surface area contributed by atoms with E-state index < -0.39 is 48.8 Å². The van der Waals surface area contributed by atoms with Crippen molar-refractivity contribution in [2.45, 2.75) is 204 Å². The first-order chi connectivity index (χ1) is 63.5. The lowest BCUT2D eigenvalue weighted by atomic mass is 9.81. The highest BCUT2D eigenvalue weighted by molar-refractivity contribution is 7.86. The molecule has 0 saturated carbocycles. The number of amides is 7. The molecule has 704 valence electrons. The lowest BCUT2D eigenvalue weighted by Gasteiger charge is -2.27. The van der Waals surface area contributed by atoms with Gasteiger partial charge in [0, 0.05) is 189 Å². The number of imide groups is 3. The summed E-state index contributed by atoms with van der Waals surface area (Å²) in [5.74, 6) is -2.96. The second-order valence-electron chi connectivity index (χ2n) is 36.0. The number of rotatable bonds is 38. The van der Waals surface area contributed by atoms with Gasteiger partial charge >= 0.3 is 5.97 Å². The predicted octanol–water partition coefficient (Wildman–Crippen LogP) is 17.1. The topological polar surface area (TPSA) is 375 Å². The lowest BCUT2D eigenvalue weighted by molar-refractivity contribution is -0.438. The maximum Gasteiger partial charge on any atom is 0.333 e. The molecule has 0 aromatic heterocycles. The molecule has 1 saturated heterocycles.